The molecule has 0 heterocycles. The third-order valence-corrected chi connectivity index (χ3v) is 2.26. The Balaban J connectivity index is 2.90. The fourth-order valence-electron chi connectivity index (χ4n) is 1.09. The van der Waals surface area contributed by atoms with Crippen molar-refractivity contribution in [1.82, 2.24) is 0 Å². The second-order valence-corrected chi connectivity index (χ2v) is 3.45. The zero-order valence-corrected chi connectivity index (χ0v) is 9.72. The Morgan fingerprint density at radius 1 is 1.57 bits per heavy atom. The fraction of sp³-hybridized carbons (Fsp3) is 0.300. The Morgan fingerprint density at radius 3 is 2.86 bits per heavy atom. The van der Waals surface area contributed by atoms with Gasteiger partial charge in [0.15, 0.2) is 0 Å². The van der Waals surface area contributed by atoms with Crippen LogP contribution in [-0.2, 0) is 4.79 Å². The number of methoxy groups -OCH3 is 1. The maximum atomic E-state index is 11.1. The summed E-state index contributed by atoms with van der Waals surface area (Å²) in [6.07, 6.45) is 0. The Kier molecular flexibility index (Phi) is 3.95. The first-order valence-corrected chi connectivity index (χ1v) is 5.30. The van der Waals surface area contributed by atoms with Gasteiger partial charge < -0.3 is 10.1 Å². The summed E-state index contributed by atoms with van der Waals surface area (Å²) >= 11 is 3.08. The molecule has 14 heavy (non-hydrogen) atoms. The fourth-order valence-corrected chi connectivity index (χ4v) is 1.23. The lowest BCUT2D eigenvalue weighted by molar-refractivity contribution is -0.113. The predicted octanol–water partition coefficient (Wildman–Crippen LogP) is 2.34. The van der Waals surface area contributed by atoms with Gasteiger partial charge in [0, 0.05) is 0 Å². The summed E-state index contributed by atoms with van der Waals surface area (Å²) in [5, 5.41) is 3.01. The number of rotatable bonds is 3. The highest BCUT2D eigenvalue weighted by Crippen LogP contribution is 2.25. The summed E-state index contributed by atoms with van der Waals surface area (Å²) in [4.78, 5) is 11.1. The molecule has 0 saturated heterocycles. The summed E-state index contributed by atoms with van der Waals surface area (Å²) in [6, 6.07) is 5.63. The lowest BCUT2D eigenvalue weighted by atomic mass is 10.2. The minimum absolute atomic E-state index is 0.0906. The third-order valence-electron chi connectivity index (χ3n) is 1.75. The highest BCUT2D eigenvalue weighted by molar-refractivity contribution is 9.09. The lowest BCUT2D eigenvalue weighted by Gasteiger charge is -2.09. The molecule has 76 valence electrons. The van der Waals surface area contributed by atoms with Crippen LogP contribution >= 0.6 is 15.9 Å². The topological polar surface area (TPSA) is 38.3 Å². The van der Waals surface area contributed by atoms with E-state index in [0.29, 0.717) is 11.4 Å². The SMILES string of the molecule is COc1cc(C)ccc1NC(=O)CBr. The zero-order chi connectivity index (χ0) is 10.6. The molecule has 1 aromatic carbocycles. The van der Waals surface area contributed by atoms with Crippen LogP contribution in [0.15, 0.2) is 18.2 Å². The van der Waals surface area contributed by atoms with E-state index >= 15 is 0 Å². The second kappa shape index (κ2) is 5.00. The van der Waals surface area contributed by atoms with Crippen LogP contribution in [0.2, 0.25) is 0 Å². The van der Waals surface area contributed by atoms with Gasteiger partial charge in [-0.25, -0.2) is 0 Å². The van der Waals surface area contributed by atoms with Crippen molar-refractivity contribution in [3.63, 3.8) is 0 Å². The van der Waals surface area contributed by atoms with Crippen LogP contribution in [0.3, 0.4) is 0 Å². The van der Waals surface area contributed by atoms with E-state index in [-0.39, 0.29) is 11.2 Å². The van der Waals surface area contributed by atoms with Crippen LogP contribution in [0.1, 0.15) is 5.56 Å². The number of carbonyl (C=O) groups excluding carboxylic acids is 1. The molecule has 0 aliphatic carbocycles. The molecule has 3 nitrogen and oxygen atoms in total. The highest BCUT2D eigenvalue weighted by Gasteiger charge is 2.05. The number of carbonyl (C=O) groups is 1. The molecular formula is C10H12BrNO2. The van der Waals surface area contributed by atoms with E-state index in [2.05, 4.69) is 21.2 Å². The molecule has 0 aliphatic rings. The molecule has 0 fully saturated rings. The Hall–Kier alpha value is -1.03. The number of amides is 1. The van der Waals surface area contributed by atoms with Crippen LogP contribution in [0.4, 0.5) is 5.69 Å². The summed E-state index contributed by atoms with van der Waals surface area (Å²) in [5.41, 5.74) is 1.79. The minimum atomic E-state index is -0.0906. The van der Waals surface area contributed by atoms with Crippen molar-refractivity contribution in [2.45, 2.75) is 6.92 Å². The van der Waals surface area contributed by atoms with E-state index in [0.717, 1.165) is 5.56 Å². The van der Waals surface area contributed by atoms with E-state index < -0.39 is 0 Å². The molecule has 0 spiro atoms. The summed E-state index contributed by atoms with van der Waals surface area (Å²) in [7, 11) is 1.58. The Bertz CT molecular complexity index is 339. The number of benzene rings is 1. The molecule has 1 amide bonds. The Morgan fingerprint density at radius 2 is 2.29 bits per heavy atom. The molecule has 0 bridgehead atoms. The first kappa shape index (κ1) is 11.0. The smallest absolute Gasteiger partial charge is 0.235 e. The summed E-state index contributed by atoms with van der Waals surface area (Å²) < 4.78 is 5.14. The van der Waals surface area contributed by atoms with Crippen LogP contribution in [0, 0.1) is 6.92 Å². The van der Waals surface area contributed by atoms with Gasteiger partial charge in [-0.05, 0) is 24.6 Å². The maximum Gasteiger partial charge on any atom is 0.235 e. The molecule has 1 rings (SSSR count). The van der Waals surface area contributed by atoms with Crippen molar-refractivity contribution in [2.75, 3.05) is 17.8 Å². The first-order valence-electron chi connectivity index (χ1n) is 4.18. The average molecular weight is 258 g/mol. The van der Waals surface area contributed by atoms with Gasteiger partial charge in [0.25, 0.3) is 0 Å². The third kappa shape index (κ3) is 2.73. The van der Waals surface area contributed by atoms with E-state index in [4.69, 9.17) is 4.74 Å². The number of anilines is 1. The molecular weight excluding hydrogens is 246 g/mol. The zero-order valence-electron chi connectivity index (χ0n) is 8.13. The average Bonchev–Trinajstić information content (AvgIpc) is 2.20. The standard InChI is InChI=1S/C10H12BrNO2/c1-7-3-4-8(9(5-7)14-2)12-10(13)6-11/h3-5H,6H2,1-2H3,(H,12,13). The molecule has 0 atom stereocenters. The molecule has 4 heteroatoms. The van der Waals surface area contributed by atoms with E-state index in [9.17, 15) is 4.79 Å². The number of hydrogen-bond donors (Lipinski definition) is 1. The number of alkyl halides is 1. The van der Waals surface area contributed by atoms with E-state index in [1.54, 1.807) is 7.11 Å². The van der Waals surface area contributed by atoms with Crippen molar-refractivity contribution in [3.8, 4) is 5.75 Å². The first-order chi connectivity index (χ1) is 6.67. The van der Waals surface area contributed by atoms with Gasteiger partial charge in [0.2, 0.25) is 5.91 Å². The number of nitrogens with one attached hydrogen (secondary N) is 1. The van der Waals surface area contributed by atoms with Crippen molar-refractivity contribution in [3.05, 3.63) is 23.8 Å². The van der Waals surface area contributed by atoms with Crippen molar-refractivity contribution in [2.24, 2.45) is 0 Å². The number of ether oxygens (including phenoxy) is 1. The van der Waals surface area contributed by atoms with Crippen molar-refractivity contribution < 1.29 is 9.53 Å². The van der Waals surface area contributed by atoms with Gasteiger partial charge in [-0.2, -0.15) is 0 Å². The lowest BCUT2D eigenvalue weighted by Crippen LogP contribution is -2.13. The van der Waals surface area contributed by atoms with Crippen LogP contribution in [0.25, 0.3) is 0 Å². The van der Waals surface area contributed by atoms with E-state index in [1.807, 2.05) is 25.1 Å². The molecule has 1 N–H and O–H groups in total. The monoisotopic (exact) mass is 257 g/mol. The summed E-state index contributed by atoms with van der Waals surface area (Å²) in [5.74, 6) is 0.589. The molecule has 0 radical (unpaired) electrons. The molecule has 0 aromatic heterocycles. The Labute approximate surface area is 91.6 Å². The minimum Gasteiger partial charge on any atom is -0.495 e. The molecule has 0 unspecified atom stereocenters. The van der Waals surface area contributed by atoms with Crippen LogP contribution in [0.5, 0.6) is 5.75 Å². The maximum absolute atomic E-state index is 11.1. The van der Waals surface area contributed by atoms with Gasteiger partial charge in [0.05, 0.1) is 18.1 Å². The normalized spacial score (nSPS) is 9.64. The van der Waals surface area contributed by atoms with Gasteiger partial charge in [-0.1, -0.05) is 22.0 Å². The molecule has 1 aromatic rings. The van der Waals surface area contributed by atoms with Crippen molar-refractivity contribution in [1.29, 1.82) is 0 Å². The van der Waals surface area contributed by atoms with E-state index in [1.165, 1.54) is 0 Å². The largest absolute Gasteiger partial charge is 0.495 e. The van der Waals surface area contributed by atoms with Crippen molar-refractivity contribution >= 4 is 27.5 Å². The highest BCUT2D eigenvalue weighted by atomic mass is 79.9. The summed E-state index contributed by atoms with van der Waals surface area (Å²) in [6.45, 7) is 1.97. The number of aryl methyl sites for hydroxylation is 1. The van der Waals surface area contributed by atoms with Gasteiger partial charge >= 0.3 is 0 Å². The van der Waals surface area contributed by atoms with Crippen LogP contribution in [-0.4, -0.2) is 18.3 Å². The molecule has 0 aliphatic heterocycles. The number of halogens is 1. The van der Waals surface area contributed by atoms with Gasteiger partial charge in [-0.15, -0.1) is 0 Å². The molecule has 0 saturated carbocycles. The predicted molar refractivity (Wildman–Crippen MR) is 60.2 cm³/mol. The second-order valence-electron chi connectivity index (χ2n) is 2.89. The van der Waals surface area contributed by atoms with Crippen LogP contribution < -0.4 is 10.1 Å². The van der Waals surface area contributed by atoms with Gasteiger partial charge in [0.1, 0.15) is 5.75 Å². The number of hydrogen-bond acceptors (Lipinski definition) is 2. The van der Waals surface area contributed by atoms with Gasteiger partial charge in [-0.3, -0.25) is 4.79 Å². The quantitative estimate of drug-likeness (QED) is 0.845.